The summed E-state index contributed by atoms with van der Waals surface area (Å²) in [6, 6.07) is 7.29. The third-order valence-corrected chi connectivity index (χ3v) is 3.92. The van der Waals surface area contributed by atoms with Crippen LogP contribution in [-0.2, 0) is 6.54 Å². The molecular weight excluding hydrogens is 290 g/mol. The fourth-order valence-corrected chi connectivity index (χ4v) is 2.80. The summed E-state index contributed by atoms with van der Waals surface area (Å²) < 4.78 is 5.69. The van der Waals surface area contributed by atoms with Crippen molar-refractivity contribution < 1.29 is 9.52 Å². The van der Waals surface area contributed by atoms with E-state index in [-0.39, 0.29) is 0 Å². The number of halogens is 1. The number of hydrogen-bond donors (Lipinski definition) is 1. The van der Waals surface area contributed by atoms with Gasteiger partial charge in [0.1, 0.15) is 0 Å². The first-order valence-corrected chi connectivity index (χ1v) is 7.43. The molecule has 0 spiro atoms. The Labute approximate surface area is 128 Å². The maximum absolute atomic E-state index is 10.1. The second kappa shape index (κ2) is 5.75. The Hall–Kier alpha value is -1.43. The van der Waals surface area contributed by atoms with E-state index in [0.717, 1.165) is 24.9 Å². The van der Waals surface area contributed by atoms with Crippen molar-refractivity contribution in [3.63, 3.8) is 0 Å². The van der Waals surface area contributed by atoms with Crippen LogP contribution in [0.2, 0.25) is 5.02 Å². The molecule has 1 aliphatic rings. The lowest BCUT2D eigenvalue weighted by atomic mass is 9.95. The highest BCUT2D eigenvalue weighted by molar-refractivity contribution is 6.30. The molecule has 0 aliphatic carbocycles. The topological polar surface area (TPSA) is 62.4 Å². The summed E-state index contributed by atoms with van der Waals surface area (Å²) in [6.07, 6.45) is 1.81. The molecule has 2 heterocycles. The molecule has 1 aromatic heterocycles. The van der Waals surface area contributed by atoms with E-state index in [9.17, 15) is 5.11 Å². The van der Waals surface area contributed by atoms with Crippen molar-refractivity contribution in [1.29, 1.82) is 0 Å². The summed E-state index contributed by atoms with van der Waals surface area (Å²) in [6.45, 7) is 4.00. The Morgan fingerprint density at radius 2 is 2.10 bits per heavy atom. The monoisotopic (exact) mass is 307 g/mol. The van der Waals surface area contributed by atoms with Crippen LogP contribution in [0, 0.1) is 0 Å². The van der Waals surface area contributed by atoms with Gasteiger partial charge in [-0.15, -0.1) is 10.2 Å². The van der Waals surface area contributed by atoms with Crippen molar-refractivity contribution in [2.24, 2.45) is 0 Å². The number of likely N-dealkylation sites (tertiary alicyclic amines) is 1. The van der Waals surface area contributed by atoms with Crippen LogP contribution in [0.1, 0.15) is 25.7 Å². The lowest BCUT2D eigenvalue weighted by Gasteiger charge is -2.35. The maximum atomic E-state index is 10.1. The van der Waals surface area contributed by atoms with E-state index >= 15 is 0 Å². The Bertz CT molecular complexity index is 610. The number of piperidine rings is 1. The smallest absolute Gasteiger partial charge is 0.247 e. The summed E-state index contributed by atoms with van der Waals surface area (Å²) in [5.41, 5.74) is 0.223. The van der Waals surface area contributed by atoms with Crippen LogP contribution in [0.15, 0.2) is 28.7 Å². The molecule has 1 aromatic carbocycles. The number of aromatic nitrogens is 2. The lowest BCUT2D eigenvalue weighted by Crippen LogP contribution is -2.45. The van der Waals surface area contributed by atoms with E-state index in [4.69, 9.17) is 16.0 Å². The molecular formula is C15H18ClN3O2. The summed E-state index contributed by atoms with van der Waals surface area (Å²) in [5, 5.41) is 18.9. The Balaban J connectivity index is 1.69. The quantitative estimate of drug-likeness (QED) is 0.944. The van der Waals surface area contributed by atoms with Crippen LogP contribution in [0.4, 0.5) is 0 Å². The SMILES string of the molecule is CC1(O)CCCN(Cc2nnc(-c3ccc(Cl)cc3)o2)C1. The van der Waals surface area contributed by atoms with Crippen LogP contribution in [0.25, 0.3) is 11.5 Å². The van der Waals surface area contributed by atoms with Gasteiger partial charge in [-0.3, -0.25) is 4.90 Å². The predicted octanol–water partition coefficient (Wildman–Crippen LogP) is 2.74. The number of β-amino-alcohol motifs (C(OH)–C–C–N with tert-alkyl or cyclic N) is 1. The molecule has 21 heavy (non-hydrogen) atoms. The molecule has 6 heteroatoms. The van der Waals surface area contributed by atoms with Crippen molar-refractivity contribution in [3.05, 3.63) is 35.2 Å². The van der Waals surface area contributed by atoms with Gasteiger partial charge in [0.05, 0.1) is 12.1 Å². The van der Waals surface area contributed by atoms with Gasteiger partial charge in [-0.05, 0) is 50.6 Å². The van der Waals surface area contributed by atoms with E-state index in [2.05, 4.69) is 15.1 Å². The molecule has 5 nitrogen and oxygen atoms in total. The van der Waals surface area contributed by atoms with E-state index in [0.29, 0.717) is 29.9 Å². The Kier molecular flexibility index (Phi) is 3.97. The van der Waals surface area contributed by atoms with Gasteiger partial charge >= 0.3 is 0 Å². The van der Waals surface area contributed by atoms with Crippen molar-refractivity contribution in [1.82, 2.24) is 15.1 Å². The minimum Gasteiger partial charge on any atom is -0.419 e. The van der Waals surface area contributed by atoms with E-state index in [1.165, 1.54) is 0 Å². The minimum absolute atomic E-state index is 0.491. The molecule has 1 saturated heterocycles. The van der Waals surface area contributed by atoms with Gasteiger partial charge in [0.2, 0.25) is 11.8 Å². The van der Waals surface area contributed by atoms with Gasteiger partial charge in [0.25, 0.3) is 0 Å². The van der Waals surface area contributed by atoms with E-state index < -0.39 is 5.60 Å². The van der Waals surface area contributed by atoms with E-state index in [1.807, 2.05) is 19.1 Å². The molecule has 1 unspecified atom stereocenters. The molecule has 0 saturated carbocycles. The molecule has 3 rings (SSSR count). The molecule has 1 atom stereocenters. The molecule has 2 aromatic rings. The minimum atomic E-state index is -0.628. The van der Waals surface area contributed by atoms with Gasteiger partial charge < -0.3 is 9.52 Å². The first-order chi connectivity index (χ1) is 10.0. The average Bonchev–Trinajstić information content (AvgIpc) is 2.87. The Morgan fingerprint density at radius 3 is 2.81 bits per heavy atom. The summed E-state index contributed by atoms with van der Waals surface area (Å²) >= 11 is 5.86. The fraction of sp³-hybridized carbons (Fsp3) is 0.467. The molecule has 1 aliphatic heterocycles. The normalized spacial score (nSPS) is 23.4. The van der Waals surface area contributed by atoms with Gasteiger partial charge in [0, 0.05) is 17.1 Å². The van der Waals surface area contributed by atoms with Crippen LogP contribution in [0.5, 0.6) is 0 Å². The zero-order valence-electron chi connectivity index (χ0n) is 11.9. The zero-order valence-corrected chi connectivity index (χ0v) is 12.7. The van der Waals surface area contributed by atoms with Crippen molar-refractivity contribution in [3.8, 4) is 11.5 Å². The standard InChI is InChI=1S/C15H18ClN3O2/c1-15(20)7-2-8-19(10-15)9-13-17-18-14(21-13)11-3-5-12(16)6-4-11/h3-6,20H,2,7-10H2,1H3. The average molecular weight is 308 g/mol. The van der Waals surface area contributed by atoms with Crippen molar-refractivity contribution in [2.75, 3.05) is 13.1 Å². The molecule has 112 valence electrons. The van der Waals surface area contributed by atoms with Crippen molar-refractivity contribution in [2.45, 2.75) is 31.9 Å². The van der Waals surface area contributed by atoms with Crippen LogP contribution < -0.4 is 0 Å². The van der Waals surface area contributed by atoms with Gasteiger partial charge in [0.15, 0.2) is 0 Å². The highest BCUT2D eigenvalue weighted by Gasteiger charge is 2.29. The highest BCUT2D eigenvalue weighted by atomic mass is 35.5. The van der Waals surface area contributed by atoms with Crippen LogP contribution in [-0.4, -0.2) is 38.9 Å². The maximum Gasteiger partial charge on any atom is 0.247 e. The van der Waals surface area contributed by atoms with Gasteiger partial charge in [-0.1, -0.05) is 11.6 Å². The second-order valence-electron chi connectivity index (χ2n) is 5.82. The summed E-state index contributed by atoms with van der Waals surface area (Å²) in [7, 11) is 0. The second-order valence-corrected chi connectivity index (χ2v) is 6.26. The first-order valence-electron chi connectivity index (χ1n) is 7.05. The number of nitrogens with zero attached hydrogens (tertiary/aromatic N) is 3. The molecule has 1 fully saturated rings. The summed E-state index contributed by atoms with van der Waals surface area (Å²) in [4.78, 5) is 2.14. The predicted molar refractivity (Wildman–Crippen MR) is 79.9 cm³/mol. The number of aliphatic hydroxyl groups is 1. The number of rotatable bonds is 3. The first kappa shape index (κ1) is 14.5. The van der Waals surface area contributed by atoms with Gasteiger partial charge in [-0.25, -0.2) is 0 Å². The number of hydrogen-bond acceptors (Lipinski definition) is 5. The highest BCUT2D eigenvalue weighted by Crippen LogP contribution is 2.23. The summed E-state index contributed by atoms with van der Waals surface area (Å²) in [5.74, 6) is 1.06. The molecule has 0 radical (unpaired) electrons. The molecule has 1 N–H and O–H groups in total. The van der Waals surface area contributed by atoms with Gasteiger partial charge in [-0.2, -0.15) is 0 Å². The van der Waals surface area contributed by atoms with Crippen molar-refractivity contribution >= 4 is 11.6 Å². The largest absolute Gasteiger partial charge is 0.419 e. The van der Waals surface area contributed by atoms with Crippen LogP contribution >= 0.6 is 11.6 Å². The zero-order chi connectivity index (χ0) is 14.9. The molecule has 0 amide bonds. The van der Waals surface area contributed by atoms with Crippen LogP contribution in [0.3, 0.4) is 0 Å². The molecule has 0 bridgehead atoms. The number of benzene rings is 1. The lowest BCUT2D eigenvalue weighted by molar-refractivity contribution is -0.0202. The van der Waals surface area contributed by atoms with E-state index in [1.54, 1.807) is 12.1 Å². The third-order valence-electron chi connectivity index (χ3n) is 3.67. The fourth-order valence-electron chi connectivity index (χ4n) is 2.68. The third kappa shape index (κ3) is 3.61. The Morgan fingerprint density at radius 1 is 1.33 bits per heavy atom.